The molecule has 3 rings (SSSR count). The largest absolute Gasteiger partial charge is 0.494 e. The minimum atomic E-state index is -0.0901. The third kappa shape index (κ3) is 4.53. The van der Waals surface area contributed by atoms with Crippen molar-refractivity contribution in [1.29, 1.82) is 0 Å². The quantitative estimate of drug-likeness (QED) is 0.809. The Morgan fingerprint density at radius 2 is 2.00 bits per heavy atom. The number of carbonyl (C=O) groups is 2. The molecule has 6 heteroatoms. The number of carbonyl (C=O) groups excluding carboxylic acids is 2. The lowest BCUT2D eigenvalue weighted by molar-refractivity contribution is -0.117. The number of amides is 2. The Morgan fingerprint density at radius 3 is 2.77 bits per heavy atom. The van der Waals surface area contributed by atoms with Crippen molar-refractivity contribution in [3.8, 4) is 11.5 Å². The molecule has 136 valence electrons. The van der Waals surface area contributed by atoms with E-state index in [4.69, 9.17) is 9.47 Å². The molecule has 0 fully saturated rings. The zero-order valence-electron chi connectivity index (χ0n) is 14.7. The number of ether oxygens (including phenoxy) is 2. The Hall–Kier alpha value is -3.02. The Balaban J connectivity index is 1.51. The van der Waals surface area contributed by atoms with Crippen molar-refractivity contribution in [1.82, 2.24) is 0 Å². The van der Waals surface area contributed by atoms with Crippen LogP contribution in [0.3, 0.4) is 0 Å². The van der Waals surface area contributed by atoms with Gasteiger partial charge in [0.15, 0.2) is 0 Å². The summed E-state index contributed by atoms with van der Waals surface area (Å²) in [4.78, 5) is 25.5. The van der Waals surface area contributed by atoms with Gasteiger partial charge in [0, 0.05) is 19.0 Å². The second-order valence-corrected chi connectivity index (χ2v) is 6.01. The van der Waals surface area contributed by atoms with Crippen LogP contribution < -0.4 is 19.7 Å². The van der Waals surface area contributed by atoms with Gasteiger partial charge in [0.25, 0.3) is 0 Å². The molecule has 2 aromatic carbocycles. The van der Waals surface area contributed by atoms with Gasteiger partial charge >= 0.3 is 0 Å². The van der Waals surface area contributed by atoms with Crippen LogP contribution in [0, 0.1) is 0 Å². The zero-order chi connectivity index (χ0) is 18.4. The third-order valence-corrected chi connectivity index (χ3v) is 4.05. The number of anilines is 2. The van der Waals surface area contributed by atoms with E-state index < -0.39 is 0 Å². The molecule has 0 spiro atoms. The van der Waals surface area contributed by atoms with Gasteiger partial charge in [-0.25, -0.2) is 0 Å². The van der Waals surface area contributed by atoms with Crippen LogP contribution in [0.4, 0.5) is 11.4 Å². The molecule has 1 N–H and O–H groups in total. The monoisotopic (exact) mass is 354 g/mol. The van der Waals surface area contributed by atoms with Crippen LogP contribution >= 0.6 is 0 Å². The minimum absolute atomic E-state index is 0.0453. The average molecular weight is 354 g/mol. The lowest BCUT2D eigenvalue weighted by Gasteiger charge is -2.29. The van der Waals surface area contributed by atoms with Crippen molar-refractivity contribution in [2.75, 3.05) is 30.0 Å². The average Bonchev–Trinajstić information content (AvgIpc) is 2.65. The molecule has 1 aliphatic rings. The van der Waals surface area contributed by atoms with E-state index in [2.05, 4.69) is 5.32 Å². The van der Waals surface area contributed by atoms with Crippen molar-refractivity contribution in [3.63, 3.8) is 0 Å². The summed E-state index contributed by atoms with van der Waals surface area (Å²) in [6, 6.07) is 14.8. The highest BCUT2D eigenvalue weighted by atomic mass is 16.5. The highest BCUT2D eigenvalue weighted by Crippen LogP contribution is 2.34. The molecule has 0 atom stereocenters. The maximum Gasteiger partial charge on any atom is 0.224 e. The van der Waals surface area contributed by atoms with Gasteiger partial charge < -0.3 is 19.7 Å². The van der Waals surface area contributed by atoms with E-state index in [9.17, 15) is 9.59 Å². The third-order valence-electron chi connectivity index (χ3n) is 4.05. The predicted molar refractivity (Wildman–Crippen MR) is 99.8 cm³/mol. The molecule has 1 aliphatic heterocycles. The summed E-state index contributed by atoms with van der Waals surface area (Å²) in [5, 5.41) is 2.86. The number of nitrogens with zero attached hydrogens (tertiary/aromatic N) is 1. The topological polar surface area (TPSA) is 67.9 Å². The van der Waals surface area contributed by atoms with E-state index in [1.54, 1.807) is 23.1 Å². The maximum atomic E-state index is 12.1. The molecule has 0 bridgehead atoms. The summed E-state index contributed by atoms with van der Waals surface area (Å²) < 4.78 is 11.1. The van der Waals surface area contributed by atoms with Gasteiger partial charge in [-0.2, -0.15) is 0 Å². The first-order valence-electron chi connectivity index (χ1n) is 8.66. The second-order valence-electron chi connectivity index (χ2n) is 6.01. The second kappa shape index (κ2) is 8.38. The molecule has 0 unspecified atom stereocenters. The molecule has 2 aromatic rings. The van der Waals surface area contributed by atoms with Crippen LogP contribution in [0.5, 0.6) is 11.5 Å². The number of hydrogen-bond acceptors (Lipinski definition) is 4. The van der Waals surface area contributed by atoms with Gasteiger partial charge in [-0.15, -0.1) is 0 Å². The summed E-state index contributed by atoms with van der Waals surface area (Å²) >= 11 is 0. The molecule has 0 saturated heterocycles. The first-order chi connectivity index (χ1) is 12.6. The highest BCUT2D eigenvalue weighted by Gasteiger charge is 2.21. The van der Waals surface area contributed by atoms with Gasteiger partial charge in [-0.3, -0.25) is 9.59 Å². The molecule has 6 nitrogen and oxygen atoms in total. The first kappa shape index (κ1) is 17.8. The number of rotatable bonds is 6. The number of fused-ring (bicyclic) bond motifs is 1. The number of nitrogens with one attached hydrogen (secondary N) is 1. The lowest BCUT2D eigenvalue weighted by Crippen LogP contribution is -2.36. The standard InChI is InChI=1S/C20H22N2O4/c1-15(23)22-11-13-26-19-10-9-16(14-18(19)22)21-20(24)8-5-12-25-17-6-3-2-4-7-17/h2-4,6-7,9-10,14H,5,8,11-13H2,1H3,(H,21,24). The SMILES string of the molecule is CC(=O)N1CCOc2ccc(NC(=O)CCCOc3ccccc3)cc21. The van der Waals surface area contributed by atoms with Gasteiger partial charge in [0.1, 0.15) is 18.1 Å². The van der Waals surface area contributed by atoms with Crippen LogP contribution in [0.15, 0.2) is 48.5 Å². The normalized spacial score (nSPS) is 12.7. The summed E-state index contributed by atoms with van der Waals surface area (Å²) in [5.74, 6) is 1.32. The molecule has 0 saturated carbocycles. The highest BCUT2D eigenvalue weighted by molar-refractivity contribution is 5.96. The predicted octanol–water partition coefficient (Wildman–Crippen LogP) is 3.23. The van der Waals surface area contributed by atoms with E-state index in [0.717, 1.165) is 5.75 Å². The molecular formula is C20H22N2O4. The number of para-hydroxylation sites is 1. The fourth-order valence-electron chi connectivity index (χ4n) is 2.79. The smallest absolute Gasteiger partial charge is 0.224 e. The van der Waals surface area contributed by atoms with Crippen LogP contribution in [0.1, 0.15) is 19.8 Å². The Bertz CT molecular complexity index is 777. The van der Waals surface area contributed by atoms with Crippen LogP contribution in [0.25, 0.3) is 0 Å². The van der Waals surface area contributed by atoms with E-state index in [0.29, 0.717) is 49.7 Å². The van der Waals surface area contributed by atoms with E-state index in [1.165, 1.54) is 6.92 Å². The molecular weight excluding hydrogens is 332 g/mol. The lowest BCUT2D eigenvalue weighted by atomic mass is 10.2. The fourth-order valence-corrected chi connectivity index (χ4v) is 2.79. The van der Waals surface area contributed by atoms with E-state index in [1.807, 2.05) is 30.3 Å². The summed E-state index contributed by atoms with van der Waals surface area (Å²) in [5.41, 5.74) is 1.34. The van der Waals surface area contributed by atoms with Crippen LogP contribution in [-0.2, 0) is 9.59 Å². The maximum absolute atomic E-state index is 12.1. The van der Waals surface area contributed by atoms with Crippen LogP contribution in [0.2, 0.25) is 0 Å². The van der Waals surface area contributed by atoms with Crippen molar-refractivity contribution < 1.29 is 19.1 Å². The van der Waals surface area contributed by atoms with Crippen molar-refractivity contribution in [2.45, 2.75) is 19.8 Å². The van der Waals surface area contributed by atoms with Crippen molar-refractivity contribution in [3.05, 3.63) is 48.5 Å². The van der Waals surface area contributed by atoms with Gasteiger partial charge in [-0.1, -0.05) is 18.2 Å². The molecule has 1 heterocycles. The molecule has 0 aromatic heterocycles. The van der Waals surface area contributed by atoms with Crippen molar-refractivity contribution in [2.24, 2.45) is 0 Å². The number of hydrogen-bond donors (Lipinski definition) is 1. The molecule has 0 aliphatic carbocycles. The Labute approximate surface area is 152 Å². The number of benzene rings is 2. The Kier molecular flexibility index (Phi) is 5.73. The minimum Gasteiger partial charge on any atom is -0.494 e. The summed E-state index contributed by atoms with van der Waals surface area (Å²) in [6.45, 7) is 2.98. The molecule has 2 amide bonds. The first-order valence-corrected chi connectivity index (χ1v) is 8.66. The molecule has 26 heavy (non-hydrogen) atoms. The van der Waals surface area contributed by atoms with Gasteiger partial charge in [0.05, 0.1) is 18.8 Å². The van der Waals surface area contributed by atoms with E-state index >= 15 is 0 Å². The van der Waals surface area contributed by atoms with Crippen LogP contribution in [-0.4, -0.2) is 31.6 Å². The summed E-state index contributed by atoms with van der Waals surface area (Å²) in [6.07, 6.45) is 0.977. The fraction of sp³-hybridized carbons (Fsp3) is 0.300. The Morgan fingerprint density at radius 1 is 1.19 bits per heavy atom. The van der Waals surface area contributed by atoms with Gasteiger partial charge in [0.2, 0.25) is 11.8 Å². The van der Waals surface area contributed by atoms with Crippen molar-refractivity contribution >= 4 is 23.2 Å². The summed E-state index contributed by atoms with van der Waals surface area (Å²) in [7, 11) is 0. The van der Waals surface area contributed by atoms with Gasteiger partial charge in [-0.05, 0) is 36.8 Å². The molecule has 0 radical (unpaired) electrons. The zero-order valence-corrected chi connectivity index (χ0v) is 14.7. The van der Waals surface area contributed by atoms with E-state index in [-0.39, 0.29) is 11.8 Å².